The summed E-state index contributed by atoms with van der Waals surface area (Å²) in [5, 5.41) is 0. The normalized spacial score (nSPS) is 17.8. The van der Waals surface area contributed by atoms with E-state index >= 15 is 0 Å². The number of hydrogen-bond donors (Lipinski definition) is 2. The van der Waals surface area contributed by atoms with Gasteiger partial charge in [0, 0.05) is 11.4 Å². The van der Waals surface area contributed by atoms with E-state index < -0.39 is 0 Å². The Balaban J connectivity index is 2.37. The van der Waals surface area contributed by atoms with Crippen LogP contribution in [0.1, 0.15) is 11.9 Å². The van der Waals surface area contributed by atoms with Crippen molar-refractivity contribution in [1.82, 2.24) is 0 Å². The molecule has 0 radical (unpaired) electrons. The van der Waals surface area contributed by atoms with E-state index in [1.807, 2.05) is 6.07 Å². The maximum atomic E-state index is 5.76. The lowest BCUT2D eigenvalue weighted by Crippen LogP contribution is -2.06. The molecule has 0 spiro atoms. The van der Waals surface area contributed by atoms with Crippen LogP contribution in [0.5, 0.6) is 0 Å². The number of benzene rings is 1. The molecule has 0 saturated carbocycles. The molecule has 4 heteroatoms. The van der Waals surface area contributed by atoms with E-state index in [1.54, 1.807) is 12.1 Å². The Kier molecular flexibility index (Phi) is 2.08. The maximum absolute atomic E-state index is 5.76. The van der Waals surface area contributed by atoms with Crippen LogP contribution in [0.4, 0.5) is 11.4 Å². The van der Waals surface area contributed by atoms with E-state index in [4.69, 9.17) is 20.9 Å². The molecule has 1 aliphatic rings. The first-order valence-electron chi connectivity index (χ1n) is 4.16. The minimum Gasteiger partial charge on any atom is -0.398 e. The van der Waals surface area contributed by atoms with Crippen molar-refractivity contribution in [2.24, 2.45) is 0 Å². The molecule has 0 aliphatic carbocycles. The van der Waals surface area contributed by atoms with Crippen molar-refractivity contribution >= 4 is 11.4 Å². The quantitative estimate of drug-likeness (QED) is 0.630. The molecule has 4 nitrogen and oxygen atoms in total. The van der Waals surface area contributed by atoms with Crippen LogP contribution in [-0.2, 0) is 9.47 Å². The molecule has 70 valence electrons. The second kappa shape index (κ2) is 3.24. The van der Waals surface area contributed by atoms with Crippen LogP contribution in [0.15, 0.2) is 18.2 Å². The van der Waals surface area contributed by atoms with E-state index in [-0.39, 0.29) is 6.29 Å². The Labute approximate surface area is 76.4 Å². The lowest BCUT2D eigenvalue weighted by Gasteiger charge is -2.14. The zero-order valence-electron chi connectivity index (χ0n) is 7.19. The van der Waals surface area contributed by atoms with Gasteiger partial charge in [-0.1, -0.05) is 6.07 Å². The van der Waals surface area contributed by atoms with Gasteiger partial charge in [0.05, 0.1) is 18.8 Å². The summed E-state index contributed by atoms with van der Waals surface area (Å²) in [7, 11) is 0. The van der Waals surface area contributed by atoms with Gasteiger partial charge in [0.1, 0.15) is 0 Å². The highest BCUT2D eigenvalue weighted by Gasteiger charge is 2.22. The Morgan fingerprint density at radius 1 is 1.08 bits per heavy atom. The summed E-state index contributed by atoms with van der Waals surface area (Å²) in [6.07, 6.45) is -0.388. The van der Waals surface area contributed by atoms with Crippen LogP contribution in [0.2, 0.25) is 0 Å². The van der Waals surface area contributed by atoms with Gasteiger partial charge in [0.15, 0.2) is 6.29 Å². The van der Waals surface area contributed by atoms with Gasteiger partial charge in [0.2, 0.25) is 0 Å². The largest absolute Gasteiger partial charge is 0.398 e. The number of nitrogens with two attached hydrogens (primary N) is 2. The van der Waals surface area contributed by atoms with Gasteiger partial charge in [-0.2, -0.15) is 0 Å². The van der Waals surface area contributed by atoms with Crippen molar-refractivity contribution < 1.29 is 9.47 Å². The molecule has 1 heterocycles. The minimum atomic E-state index is -0.388. The lowest BCUT2D eigenvalue weighted by molar-refractivity contribution is -0.0429. The second-order valence-corrected chi connectivity index (χ2v) is 2.92. The summed E-state index contributed by atoms with van der Waals surface area (Å²) in [5.74, 6) is 0. The fraction of sp³-hybridized carbons (Fsp3) is 0.333. The molecule has 0 atom stereocenters. The lowest BCUT2D eigenvalue weighted by atomic mass is 10.1. The molecule has 13 heavy (non-hydrogen) atoms. The highest BCUT2D eigenvalue weighted by atomic mass is 16.7. The molecule has 1 aliphatic heterocycles. The van der Waals surface area contributed by atoms with Gasteiger partial charge < -0.3 is 20.9 Å². The average Bonchev–Trinajstić information content (AvgIpc) is 2.57. The molecule has 0 amide bonds. The number of ether oxygens (including phenoxy) is 2. The van der Waals surface area contributed by atoms with E-state index in [1.165, 1.54) is 0 Å². The van der Waals surface area contributed by atoms with Gasteiger partial charge >= 0.3 is 0 Å². The van der Waals surface area contributed by atoms with Crippen LogP contribution >= 0.6 is 0 Å². The summed E-state index contributed by atoms with van der Waals surface area (Å²) in [5.41, 5.74) is 13.5. The number of anilines is 2. The van der Waals surface area contributed by atoms with Crippen molar-refractivity contribution in [3.63, 3.8) is 0 Å². The second-order valence-electron chi connectivity index (χ2n) is 2.92. The minimum absolute atomic E-state index is 0.388. The molecule has 0 aromatic heterocycles. The molecule has 1 aromatic carbocycles. The monoisotopic (exact) mass is 180 g/mol. The SMILES string of the molecule is Nc1cccc(N)c1C1OCCO1. The Morgan fingerprint density at radius 2 is 1.62 bits per heavy atom. The number of hydrogen-bond acceptors (Lipinski definition) is 4. The molecule has 2 rings (SSSR count). The number of rotatable bonds is 1. The van der Waals surface area contributed by atoms with Crippen LogP contribution in [0, 0.1) is 0 Å². The van der Waals surface area contributed by atoms with Crippen molar-refractivity contribution in [2.45, 2.75) is 6.29 Å². The van der Waals surface area contributed by atoms with Crippen molar-refractivity contribution in [3.05, 3.63) is 23.8 Å². The fourth-order valence-corrected chi connectivity index (χ4v) is 1.40. The summed E-state index contributed by atoms with van der Waals surface area (Å²) < 4.78 is 10.6. The third-order valence-corrected chi connectivity index (χ3v) is 2.03. The zero-order chi connectivity index (χ0) is 9.26. The molecular weight excluding hydrogens is 168 g/mol. The highest BCUT2D eigenvalue weighted by molar-refractivity contribution is 5.61. The molecule has 0 unspecified atom stereocenters. The van der Waals surface area contributed by atoms with Crippen LogP contribution in [-0.4, -0.2) is 13.2 Å². The van der Waals surface area contributed by atoms with E-state index in [0.717, 1.165) is 5.56 Å². The zero-order valence-corrected chi connectivity index (χ0v) is 7.19. The van der Waals surface area contributed by atoms with Crippen molar-refractivity contribution in [1.29, 1.82) is 0 Å². The average molecular weight is 180 g/mol. The Hall–Kier alpha value is -1.26. The maximum Gasteiger partial charge on any atom is 0.187 e. The predicted octanol–water partition coefficient (Wildman–Crippen LogP) is 0.896. The van der Waals surface area contributed by atoms with Crippen LogP contribution in [0.3, 0.4) is 0 Å². The summed E-state index contributed by atoms with van der Waals surface area (Å²) in [6, 6.07) is 5.39. The molecule has 1 saturated heterocycles. The summed E-state index contributed by atoms with van der Waals surface area (Å²) in [6.45, 7) is 1.19. The van der Waals surface area contributed by atoms with Gasteiger partial charge in [-0.15, -0.1) is 0 Å². The Morgan fingerprint density at radius 3 is 2.15 bits per heavy atom. The fourth-order valence-electron chi connectivity index (χ4n) is 1.40. The predicted molar refractivity (Wildman–Crippen MR) is 49.9 cm³/mol. The highest BCUT2D eigenvalue weighted by Crippen LogP contribution is 2.32. The van der Waals surface area contributed by atoms with Gasteiger partial charge in [-0.05, 0) is 12.1 Å². The third-order valence-electron chi connectivity index (χ3n) is 2.03. The van der Waals surface area contributed by atoms with Crippen molar-refractivity contribution in [3.8, 4) is 0 Å². The van der Waals surface area contributed by atoms with Gasteiger partial charge in [-0.3, -0.25) is 0 Å². The summed E-state index contributed by atoms with van der Waals surface area (Å²) >= 11 is 0. The van der Waals surface area contributed by atoms with E-state index in [0.29, 0.717) is 24.6 Å². The first kappa shape index (κ1) is 8.34. The molecule has 1 aromatic rings. The molecule has 1 fully saturated rings. The van der Waals surface area contributed by atoms with E-state index in [9.17, 15) is 0 Å². The molecular formula is C9H12N2O2. The number of nitrogen functional groups attached to an aromatic ring is 2. The topological polar surface area (TPSA) is 70.5 Å². The van der Waals surface area contributed by atoms with E-state index in [2.05, 4.69) is 0 Å². The van der Waals surface area contributed by atoms with Crippen LogP contribution in [0.25, 0.3) is 0 Å². The Bertz CT molecular complexity index is 288. The molecule has 0 bridgehead atoms. The first-order chi connectivity index (χ1) is 6.29. The van der Waals surface area contributed by atoms with Gasteiger partial charge in [-0.25, -0.2) is 0 Å². The third kappa shape index (κ3) is 1.46. The van der Waals surface area contributed by atoms with Crippen LogP contribution < -0.4 is 11.5 Å². The first-order valence-corrected chi connectivity index (χ1v) is 4.16. The van der Waals surface area contributed by atoms with Gasteiger partial charge in [0.25, 0.3) is 0 Å². The smallest absolute Gasteiger partial charge is 0.187 e. The van der Waals surface area contributed by atoms with Crippen molar-refractivity contribution in [2.75, 3.05) is 24.7 Å². The summed E-state index contributed by atoms with van der Waals surface area (Å²) in [4.78, 5) is 0. The standard InChI is InChI=1S/C9H12N2O2/c10-6-2-1-3-7(11)8(6)9-12-4-5-13-9/h1-3,9H,4-5,10-11H2. The molecule has 4 N–H and O–H groups in total.